The van der Waals surface area contributed by atoms with Crippen LogP contribution in [-0.4, -0.2) is 22.5 Å². The van der Waals surface area contributed by atoms with Gasteiger partial charge in [-0.15, -0.1) is 0 Å². The van der Waals surface area contributed by atoms with Gasteiger partial charge in [0.2, 0.25) is 0 Å². The predicted octanol–water partition coefficient (Wildman–Crippen LogP) is 4.23. The number of hydrogen-bond acceptors (Lipinski definition) is 3. The van der Waals surface area contributed by atoms with Gasteiger partial charge in [-0.05, 0) is 61.9 Å². The van der Waals surface area contributed by atoms with Gasteiger partial charge in [-0.25, -0.2) is 0 Å². The zero-order valence-corrected chi connectivity index (χ0v) is 15.8. The number of carbonyl (C=O) groups is 1. The Hall–Kier alpha value is -1.94. The third kappa shape index (κ3) is 6.83. The molecule has 0 fully saturated rings. The second kappa shape index (κ2) is 10.1. The lowest BCUT2D eigenvalue weighted by molar-refractivity contribution is -0.142. The van der Waals surface area contributed by atoms with Gasteiger partial charge >= 0.3 is 5.97 Å². The van der Waals surface area contributed by atoms with Gasteiger partial charge in [0, 0.05) is 10.6 Å². The van der Waals surface area contributed by atoms with Crippen molar-refractivity contribution in [3.8, 4) is 0 Å². The maximum atomic E-state index is 12.3. The molecule has 0 aliphatic heterocycles. The van der Waals surface area contributed by atoms with Crippen LogP contribution in [0.5, 0.6) is 0 Å². The Kier molecular flexibility index (Phi) is 7.86. The zero-order chi connectivity index (χ0) is 18.1. The molecule has 25 heavy (non-hydrogen) atoms. The molecule has 2 aromatic rings. The highest BCUT2D eigenvalue weighted by atomic mass is 32.2. The SMILES string of the molecule is CCOC(=O)Cc1ccc(CCCCS(=O)c2cccc(C)c2)cc1. The van der Waals surface area contributed by atoms with Crippen molar-refractivity contribution in [1.82, 2.24) is 0 Å². The molecule has 4 heteroatoms. The van der Waals surface area contributed by atoms with E-state index in [-0.39, 0.29) is 5.97 Å². The number of unbranched alkanes of at least 4 members (excludes halogenated alkanes) is 1. The van der Waals surface area contributed by atoms with Crippen LogP contribution < -0.4 is 0 Å². The Balaban J connectivity index is 1.73. The summed E-state index contributed by atoms with van der Waals surface area (Å²) >= 11 is 0. The van der Waals surface area contributed by atoms with Crippen molar-refractivity contribution in [3.05, 3.63) is 65.2 Å². The van der Waals surface area contributed by atoms with Gasteiger partial charge in [0.05, 0.1) is 23.8 Å². The quantitative estimate of drug-likeness (QED) is 0.498. The highest BCUT2D eigenvalue weighted by Crippen LogP contribution is 2.13. The smallest absolute Gasteiger partial charge is 0.310 e. The first-order valence-electron chi connectivity index (χ1n) is 8.77. The molecular formula is C21H26O3S. The predicted molar refractivity (Wildman–Crippen MR) is 102 cm³/mol. The fraction of sp³-hybridized carbons (Fsp3) is 0.381. The summed E-state index contributed by atoms with van der Waals surface area (Å²) in [5, 5.41) is 0. The molecule has 2 rings (SSSR count). The standard InChI is InChI=1S/C21H26O3S/c1-3-24-21(22)16-19-12-10-18(11-13-19)8-4-5-14-25(23)20-9-6-7-17(2)15-20/h6-7,9-13,15H,3-5,8,14,16H2,1-2H3. The van der Waals surface area contributed by atoms with Crippen LogP contribution in [0, 0.1) is 6.92 Å². The normalized spacial score (nSPS) is 11.9. The number of carbonyl (C=O) groups excluding carboxylic acids is 1. The summed E-state index contributed by atoms with van der Waals surface area (Å²) in [5.41, 5.74) is 3.37. The Morgan fingerprint density at radius 1 is 1.04 bits per heavy atom. The van der Waals surface area contributed by atoms with Crippen molar-refractivity contribution in [2.24, 2.45) is 0 Å². The van der Waals surface area contributed by atoms with E-state index in [4.69, 9.17) is 4.74 Å². The molecule has 1 unspecified atom stereocenters. The maximum absolute atomic E-state index is 12.3. The highest BCUT2D eigenvalue weighted by molar-refractivity contribution is 7.85. The number of rotatable bonds is 9. The highest BCUT2D eigenvalue weighted by Gasteiger charge is 2.05. The third-order valence-electron chi connectivity index (χ3n) is 3.97. The van der Waals surface area contributed by atoms with E-state index in [2.05, 4.69) is 12.1 Å². The van der Waals surface area contributed by atoms with Crippen LogP contribution >= 0.6 is 0 Å². The third-order valence-corrected chi connectivity index (χ3v) is 5.41. The van der Waals surface area contributed by atoms with Crippen molar-refractivity contribution in [2.45, 2.75) is 44.4 Å². The van der Waals surface area contributed by atoms with Crippen LogP contribution in [0.15, 0.2) is 53.4 Å². The van der Waals surface area contributed by atoms with Gasteiger partial charge in [-0.3, -0.25) is 9.00 Å². The summed E-state index contributed by atoms with van der Waals surface area (Å²) in [5.74, 6) is 0.513. The Bertz CT molecular complexity index is 707. The van der Waals surface area contributed by atoms with E-state index in [1.807, 2.05) is 50.2 Å². The number of aryl methyl sites for hydroxylation is 2. The summed E-state index contributed by atoms with van der Waals surface area (Å²) in [6.45, 7) is 4.25. The molecule has 134 valence electrons. The van der Waals surface area contributed by atoms with E-state index in [9.17, 15) is 9.00 Å². The first-order valence-corrected chi connectivity index (χ1v) is 10.1. The van der Waals surface area contributed by atoms with E-state index >= 15 is 0 Å². The molecule has 0 aromatic heterocycles. The number of esters is 1. The van der Waals surface area contributed by atoms with E-state index in [0.717, 1.165) is 35.3 Å². The molecule has 0 spiro atoms. The average Bonchev–Trinajstić information content (AvgIpc) is 2.60. The Morgan fingerprint density at radius 3 is 2.44 bits per heavy atom. The molecule has 0 saturated heterocycles. The topological polar surface area (TPSA) is 43.4 Å². The van der Waals surface area contributed by atoms with Crippen molar-refractivity contribution in [2.75, 3.05) is 12.4 Å². The largest absolute Gasteiger partial charge is 0.466 e. The molecule has 0 aliphatic carbocycles. The Morgan fingerprint density at radius 2 is 1.76 bits per heavy atom. The lowest BCUT2D eigenvalue weighted by Crippen LogP contribution is -2.07. The number of ether oxygens (including phenoxy) is 1. The van der Waals surface area contributed by atoms with E-state index < -0.39 is 10.8 Å². The molecule has 0 N–H and O–H groups in total. The molecular weight excluding hydrogens is 332 g/mol. The first kappa shape index (κ1) is 19.4. The fourth-order valence-corrected chi connectivity index (χ4v) is 3.89. The molecule has 2 aromatic carbocycles. The van der Waals surface area contributed by atoms with Crippen molar-refractivity contribution in [3.63, 3.8) is 0 Å². The van der Waals surface area contributed by atoms with Crippen LogP contribution in [0.25, 0.3) is 0 Å². The molecule has 0 aliphatic rings. The van der Waals surface area contributed by atoms with Crippen LogP contribution in [0.4, 0.5) is 0 Å². The molecule has 1 atom stereocenters. The van der Waals surface area contributed by atoms with Gasteiger partial charge in [0.25, 0.3) is 0 Å². The molecule has 0 amide bonds. The van der Waals surface area contributed by atoms with Crippen molar-refractivity contribution < 1.29 is 13.7 Å². The molecule has 3 nitrogen and oxygen atoms in total. The average molecular weight is 359 g/mol. The lowest BCUT2D eigenvalue weighted by Gasteiger charge is -2.06. The van der Waals surface area contributed by atoms with Gasteiger partial charge in [-0.2, -0.15) is 0 Å². The fourth-order valence-electron chi connectivity index (χ4n) is 2.64. The van der Waals surface area contributed by atoms with Crippen molar-refractivity contribution in [1.29, 1.82) is 0 Å². The van der Waals surface area contributed by atoms with Crippen LogP contribution in [-0.2, 0) is 33.2 Å². The van der Waals surface area contributed by atoms with Gasteiger partial charge < -0.3 is 4.74 Å². The van der Waals surface area contributed by atoms with Gasteiger partial charge in [0.15, 0.2) is 0 Å². The molecule has 0 heterocycles. The molecule has 0 saturated carbocycles. The van der Waals surface area contributed by atoms with Crippen LogP contribution in [0.1, 0.15) is 36.5 Å². The first-order chi connectivity index (χ1) is 12.1. The van der Waals surface area contributed by atoms with Crippen LogP contribution in [0.2, 0.25) is 0 Å². The summed E-state index contributed by atoms with van der Waals surface area (Å²) in [6.07, 6.45) is 3.23. The van der Waals surface area contributed by atoms with E-state index in [1.165, 1.54) is 5.56 Å². The minimum atomic E-state index is -0.915. The minimum absolute atomic E-state index is 0.186. The van der Waals surface area contributed by atoms with Gasteiger partial charge in [0.1, 0.15) is 0 Å². The second-order valence-electron chi connectivity index (χ2n) is 6.12. The zero-order valence-electron chi connectivity index (χ0n) is 15.0. The summed E-state index contributed by atoms with van der Waals surface area (Å²) in [4.78, 5) is 12.4. The Labute approximate surface area is 152 Å². The number of hydrogen-bond donors (Lipinski definition) is 0. The minimum Gasteiger partial charge on any atom is -0.466 e. The number of benzene rings is 2. The maximum Gasteiger partial charge on any atom is 0.310 e. The van der Waals surface area contributed by atoms with E-state index in [0.29, 0.717) is 18.8 Å². The molecule has 0 radical (unpaired) electrons. The van der Waals surface area contributed by atoms with E-state index in [1.54, 1.807) is 0 Å². The lowest BCUT2D eigenvalue weighted by atomic mass is 10.1. The molecule has 0 bridgehead atoms. The second-order valence-corrected chi connectivity index (χ2v) is 7.69. The summed E-state index contributed by atoms with van der Waals surface area (Å²) < 4.78 is 17.2. The van der Waals surface area contributed by atoms with Crippen LogP contribution in [0.3, 0.4) is 0 Å². The monoisotopic (exact) mass is 358 g/mol. The summed E-state index contributed by atoms with van der Waals surface area (Å²) in [7, 11) is -0.915. The van der Waals surface area contributed by atoms with Crippen molar-refractivity contribution >= 4 is 16.8 Å². The van der Waals surface area contributed by atoms with Gasteiger partial charge in [-0.1, -0.05) is 36.4 Å². The summed E-state index contributed by atoms with van der Waals surface area (Å²) in [6, 6.07) is 16.0.